The summed E-state index contributed by atoms with van der Waals surface area (Å²) in [6, 6.07) is 6.64. The van der Waals surface area contributed by atoms with Gasteiger partial charge in [-0.1, -0.05) is 11.6 Å². The average molecular weight is 429 g/mol. The largest absolute Gasteiger partial charge is 0.455 e. The van der Waals surface area contributed by atoms with Crippen LogP contribution in [0.2, 0.25) is 5.02 Å². The molecule has 4 rings (SSSR count). The van der Waals surface area contributed by atoms with Gasteiger partial charge in [0.2, 0.25) is 0 Å². The fourth-order valence-electron chi connectivity index (χ4n) is 3.92. The Labute approximate surface area is 180 Å². The average Bonchev–Trinajstić information content (AvgIpc) is 3.09. The lowest BCUT2D eigenvalue weighted by molar-refractivity contribution is 0.0629. The number of hydrazone groups is 1. The molecule has 2 amide bonds. The van der Waals surface area contributed by atoms with Crippen molar-refractivity contribution >= 4 is 29.1 Å². The van der Waals surface area contributed by atoms with Crippen molar-refractivity contribution < 1.29 is 14.0 Å². The summed E-state index contributed by atoms with van der Waals surface area (Å²) in [6.45, 7) is 4.99. The van der Waals surface area contributed by atoms with Crippen LogP contribution in [0.25, 0.3) is 0 Å². The predicted molar refractivity (Wildman–Crippen MR) is 115 cm³/mol. The Kier molecular flexibility index (Phi) is 5.92. The Hall–Kier alpha value is -2.64. The van der Waals surface area contributed by atoms with Gasteiger partial charge in [-0.05, 0) is 51.1 Å². The number of likely N-dealkylation sites (N-methyl/N-ethyl adjacent to an activating group) is 1. The highest BCUT2D eigenvalue weighted by Gasteiger charge is 2.31. The van der Waals surface area contributed by atoms with Crippen LogP contribution in [-0.2, 0) is 6.42 Å². The van der Waals surface area contributed by atoms with Gasteiger partial charge in [-0.2, -0.15) is 5.10 Å². The van der Waals surface area contributed by atoms with Crippen LogP contribution in [0.5, 0.6) is 0 Å². The van der Waals surface area contributed by atoms with E-state index in [0.29, 0.717) is 29.4 Å². The third-order valence-corrected chi connectivity index (χ3v) is 5.96. The minimum Gasteiger partial charge on any atom is -0.455 e. The van der Waals surface area contributed by atoms with E-state index >= 15 is 0 Å². The summed E-state index contributed by atoms with van der Waals surface area (Å²) in [4.78, 5) is 29.5. The standard InChI is InChI=1S/C22H25ClN4O3/c1-14-19-17(24-25-21(28)15-6-8-16(23)9-7-15)4-3-5-18(19)30-20(14)22(29)27-12-10-26(2)11-13-27/h6-9H,3-5,10-13H2,1-2H3,(H,25,28)/b24-17+. The lowest BCUT2D eigenvalue weighted by Crippen LogP contribution is -2.47. The summed E-state index contributed by atoms with van der Waals surface area (Å²) in [5, 5.41) is 4.94. The Morgan fingerprint density at radius 3 is 2.50 bits per heavy atom. The number of furan rings is 1. The summed E-state index contributed by atoms with van der Waals surface area (Å²) in [5.74, 6) is 0.791. The molecule has 0 atom stereocenters. The van der Waals surface area contributed by atoms with Crippen LogP contribution in [0.1, 0.15) is 50.6 Å². The van der Waals surface area contributed by atoms with Crippen molar-refractivity contribution in [2.24, 2.45) is 5.10 Å². The molecule has 0 radical (unpaired) electrons. The number of rotatable bonds is 3. The molecule has 30 heavy (non-hydrogen) atoms. The van der Waals surface area contributed by atoms with Crippen molar-refractivity contribution in [3.8, 4) is 0 Å². The van der Waals surface area contributed by atoms with Crippen LogP contribution in [0.3, 0.4) is 0 Å². The van der Waals surface area contributed by atoms with E-state index < -0.39 is 0 Å². The predicted octanol–water partition coefficient (Wildman–Crippen LogP) is 3.10. The minimum atomic E-state index is -0.304. The number of fused-ring (bicyclic) bond motifs is 1. The van der Waals surface area contributed by atoms with Crippen LogP contribution in [0.15, 0.2) is 33.8 Å². The molecule has 1 saturated heterocycles. The van der Waals surface area contributed by atoms with Gasteiger partial charge in [-0.3, -0.25) is 9.59 Å². The number of carbonyl (C=O) groups is 2. The maximum absolute atomic E-state index is 13.0. The number of aryl methyl sites for hydroxylation is 1. The first-order valence-corrected chi connectivity index (χ1v) is 10.5. The van der Waals surface area contributed by atoms with Gasteiger partial charge in [0.15, 0.2) is 5.76 Å². The van der Waals surface area contributed by atoms with Gasteiger partial charge in [0, 0.05) is 54.3 Å². The topological polar surface area (TPSA) is 78.2 Å². The monoisotopic (exact) mass is 428 g/mol. The number of nitrogens with zero attached hydrogens (tertiary/aromatic N) is 3. The first-order chi connectivity index (χ1) is 14.4. The molecule has 0 unspecified atom stereocenters. The molecule has 2 aromatic rings. The molecule has 7 nitrogen and oxygen atoms in total. The van der Waals surface area contributed by atoms with Gasteiger partial charge in [0.1, 0.15) is 5.76 Å². The molecule has 158 valence electrons. The highest BCUT2D eigenvalue weighted by atomic mass is 35.5. The number of benzene rings is 1. The maximum atomic E-state index is 13.0. The zero-order valence-electron chi connectivity index (χ0n) is 17.2. The summed E-state index contributed by atoms with van der Waals surface area (Å²) in [5.41, 5.74) is 5.51. The van der Waals surface area contributed by atoms with Crippen LogP contribution >= 0.6 is 11.6 Å². The number of piperazine rings is 1. The first-order valence-electron chi connectivity index (χ1n) is 10.2. The van der Waals surface area contributed by atoms with Crippen molar-refractivity contribution in [2.75, 3.05) is 33.2 Å². The molecule has 1 N–H and O–H groups in total. The Morgan fingerprint density at radius 2 is 1.80 bits per heavy atom. The SMILES string of the molecule is Cc1c(C(=O)N2CCN(C)CC2)oc2c1/C(=N/NC(=O)c1ccc(Cl)cc1)CCC2. The first kappa shape index (κ1) is 20.6. The summed E-state index contributed by atoms with van der Waals surface area (Å²) < 4.78 is 6.00. The minimum absolute atomic E-state index is 0.0699. The molecular weight excluding hydrogens is 404 g/mol. The van der Waals surface area contributed by atoms with Crippen LogP contribution < -0.4 is 5.43 Å². The van der Waals surface area contributed by atoms with Gasteiger partial charge in [-0.25, -0.2) is 5.43 Å². The molecule has 0 bridgehead atoms. The van der Waals surface area contributed by atoms with Crippen LogP contribution in [0, 0.1) is 6.92 Å². The second-order valence-corrected chi connectivity index (χ2v) is 8.25. The van der Waals surface area contributed by atoms with Crippen molar-refractivity contribution in [3.63, 3.8) is 0 Å². The fraction of sp³-hybridized carbons (Fsp3) is 0.409. The normalized spacial score (nSPS) is 18.4. The Morgan fingerprint density at radius 1 is 1.10 bits per heavy atom. The van der Waals surface area contributed by atoms with Crippen molar-refractivity contribution in [1.82, 2.24) is 15.2 Å². The molecule has 1 aliphatic carbocycles. The van der Waals surface area contributed by atoms with E-state index in [1.165, 1.54) is 0 Å². The number of carbonyl (C=O) groups excluding carboxylic acids is 2. The van der Waals surface area contributed by atoms with E-state index in [-0.39, 0.29) is 11.8 Å². The van der Waals surface area contributed by atoms with E-state index in [1.54, 1.807) is 24.3 Å². The molecule has 0 saturated carbocycles. The molecule has 2 aliphatic rings. The molecule has 1 aromatic carbocycles. The molecule has 2 heterocycles. The second kappa shape index (κ2) is 8.62. The highest BCUT2D eigenvalue weighted by Crippen LogP contribution is 2.30. The second-order valence-electron chi connectivity index (χ2n) is 7.81. The van der Waals surface area contributed by atoms with E-state index in [2.05, 4.69) is 22.5 Å². The summed E-state index contributed by atoms with van der Waals surface area (Å²) >= 11 is 5.88. The van der Waals surface area contributed by atoms with E-state index in [9.17, 15) is 9.59 Å². The van der Waals surface area contributed by atoms with Crippen molar-refractivity contribution in [2.45, 2.75) is 26.2 Å². The number of hydrogen-bond donors (Lipinski definition) is 1. The number of hydrogen-bond acceptors (Lipinski definition) is 5. The number of halogens is 1. The lowest BCUT2D eigenvalue weighted by atomic mass is 9.93. The highest BCUT2D eigenvalue weighted by molar-refractivity contribution is 6.30. The van der Waals surface area contributed by atoms with Gasteiger partial charge in [-0.15, -0.1) is 0 Å². The van der Waals surface area contributed by atoms with E-state index in [4.69, 9.17) is 16.0 Å². The van der Waals surface area contributed by atoms with Gasteiger partial charge in [0.05, 0.1) is 5.71 Å². The molecule has 1 fully saturated rings. The lowest BCUT2D eigenvalue weighted by Gasteiger charge is -2.31. The molecular formula is C22H25ClN4O3. The zero-order chi connectivity index (χ0) is 21.3. The third-order valence-electron chi connectivity index (χ3n) is 5.71. The maximum Gasteiger partial charge on any atom is 0.289 e. The molecule has 1 aliphatic heterocycles. The van der Waals surface area contributed by atoms with Gasteiger partial charge >= 0.3 is 0 Å². The fourth-order valence-corrected chi connectivity index (χ4v) is 4.05. The number of nitrogens with one attached hydrogen (secondary N) is 1. The molecule has 8 heteroatoms. The molecule has 0 spiro atoms. The van der Waals surface area contributed by atoms with Gasteiger partial charge < -0.3 is 14.2 Å². The van der Waals surface area contributed by atoms with Crippen LogP contribution in [0.4, 0.5) is 0 Å². The smallest absolute Gasteiger partial charge is 0.289 e. The van der Waals surface area contributed by atoms with Gasteiger partial charge in [0.25, 0.3) is 11.8 Å². The number of amides is 2. The Bertz CT molecular complexity index is 989. The summed E-state index contributed by atoms with van der Waals surface area (Å²) in [7, 11) is 2.06. The summed E-state index contributed by atoms with van der Waals surface area (Å²) in [6.07, 6.45) is 2.34. The van der Waals surface area contributed by atoms with Crippen molar-refractivity contribution in [1.29, 1.82) is 0 Å². The third kappa shape index (κ3) is 4.13. The quantitative estimate of drug-likeness (QED) is 0.762. The van der Waals surface area contributed by atoms with Crippen molar-refractivity contribution in [3.05, 3.63) is 57.5 Å². The molecule has 1 aromatic heterocycles. The Balaban J connectivity index is 1.55. The van der Waals surface area contributed by atoms with E-state index in [1.807, 2.05) is 11.8 Å². The zero-order valence-corrected chi connectivity index (χ0v) is 18.0. The van der Waals surface area contributed by atoms with E-state index in [0.717, 1.165) is 55.0 Å². The van der Waals surface area contributed by atoms with Crippen LogP contribution in [-0.4, -0.2) is 60.6 Å².